The van der Waals surface area contributed by atoms with Crippen molar-refractivity contribution < 1.29 is 18.8 Å². The van der Waals surface area contributed by atoms with Crippen molar-refractivity contribution in [3.63, 3.8) is 0 Å². The van der Waals surface area contributed by atoms with E-state index in [4.69, 9.17) is 9.26 Å². The Morgan fingerprint density at radius 1 is 1.09 bits per heavy atom. The lowest BCUT2D eigenvalue weighted by Crippen LogP contribution is -2.17. The van der Waals surface area contributed by atoms with E-state index in [1.54, 1.807) is 22.9 Å². The van der Waals surface area contributed by atoms with E-state index in [0.717, 1.165) is 29.9 Å². The second-order valence-corrected chi connectivity index (χ2v) is 8.39. The van der Waals surface area contributed by atoms with Gasteiger partial charge in [-0.1, -0.05) is 23.4 Å². The number of nitrogens with zero attached hydrogens (tertiary/aromatic N) is 4. The maximum Gasteiger partial charge on any atom is 0.357 e. The number of hydrogen-bond donors (Lipinski definition) is 0. The predicted octanol–water partition coefficient (Wildman–Crippen LogP) is 4.49. The van der Waals surface area contributed by atoms with E-state index < -0.39 is 5.97 Å². The van der Waals surface area contributed by atoms with E-state index in [1.807, 2.05) is 55.7 Å². The van der Waals surface area contributed by atoms with Gasteiger partial charge in [-0.05, 0) is 57.9 Å². The summed E-state index contributed by atoms with van der Waals surface area (Å²) in [6, 6.07) is 14.8. The second kappa shape index (κ2) is 8.20. The van der Waals surface area contributed by atoms with E-state index in [1.165, 1.54) is 0 Å². The van der Waals surface area contributed by atoms with Gasteiger partial charge in [-0.25, -0.2) is 9.48 Å². The minimum Gasteiger partial charge on any atom is -0.453 e. The Morgan fingerprint density at radius 2 is 1.85 bits per heavy atom. The lowest BCUT2D eigenvalue weighted by molar-refractivity contribution is 0.0465. The first-order chi connectivity index (χ1) is 15.9. The van der Waals surface area contributed by atoms with E-state index in [-0.39, 0.29) is 12.4 Å². The summed E-state index contributed by atoms with van der Waals surface area (Å²) in [5.74, 6) is 0.815. The third-order valence-corrected chi connectivity index (χ3v) is 5.84. The second-order valence-electron chi connectivity index (χ2n) is 8.39. The molecule has 1 saturated carbocycles. The molecule has 3 aromatic heterocycles. The lowest BCUT2D eigenvalue weighted by atomic mass is 10.1. The number of para-hydroxylation sites is 1. The number of rotatable bonds is 7. The molecule has 4 aromatic rings. The van der Waals surface area contributed by atoms with Crippen LogP contribution in [0.3, 0.4) is 0 Å². The maximum absolute atomic E-state index is 12.9. The van der Waals surface area contributed by atoms with Crippen LogP contribution in [-0.4, -0.2) is 37.9 Å². The molecule has 0 N–H and O–H groups in total. The molecule has 0 aliphatic heterocycles. The molecule has 0 spiro atoms. The van der Waals surface area contributed by atoms with Crippen molar-refractivity contribution in [2.24, 2.45) is 0 Å². The highest BCUT2D eigenvalue weighted by molar-refractivity contribution is 6.00. The summed E-state index contributed by atoms with van der Waals surface area (Å²) in [6.45, 7) is 5.17. The Kier molecular flexibility index (Phi) is 5.20. The summed E-state index contributed by atoms with van der Waals surface area (Å²) >= 11 is 0. The summed E-state index contributed by atoms with van der Waals surface area (Å²) in [5, 5.41) is 8.66. The third-order valence-electron chi connectivity index (χ3n) is 5.84. The molecule has 0 saturated heterocycles. The Hall–Kier alpha value is -3.94. The molecule has 0 unspecified atom stereocenters. The Morgan fingerprint density at radius 3 is 2.52 bits per heavy atom. The number of carbonyl (C=O) groups excluding carboxylic acids is 2. The molecule has 3 heterocycles. The van der Waals surface area contributed by atoms with Crippen LogP contribution in [-0.2, 0) is 4.74 Å². The van der Waals surface area contributed by atoms with Crippen molar-refractivity contribution in [3.8, 4) is 11.5 Å². The summed E-state index contributed by atoms with van der Waals surface area (Å²) in [7, 11) is 0. The molecule has 33 heavy (non-hydrogen) atoms. The number of aromatic nitrogens is 4. The first-order valence-electron chi connectivity index (χ1n) is 10.9. The average molecular weight is 444 g/mol. The number of esters is 1. The maximum atomic E-state index is 12.9. The van der Waals surface area contributed by atoms with Crippen molar-refractivity contribution in [2.75, 3.05) is 6.61 Å². The molecule has 1 aliphatic rings. The van der Waals surface area contributed by atoms with E-state index in [9.17, 15) is 9.59 Å². The van der Waals surface area contributed by atoms with E-state index >= 15 is 0 Å². The van der Waals surface area contributed by atoms with Crippen LogP contribution >= 0.6 is 0 Å². The molecule has 0 atom stereocenters. The van der Waals surface area contributed by atoms with Crippen LogP contribution in [0.25, 0.3) is 11.5 Å². The van der Waals surface area contributed by atoms with Gasteiger partial charge in [-0.2, -0.15) is 5.10 Å². The van der Waals surface area contributed by atoms with Gasteiger partial charge >= 0.3 is 5.97 Å². The number of benzene rings is 1. The number of Topliss-reactive ketones (excluding diaryl/α,β-unsaturated/α-hetero) is 1. The quantitative estimate of drug-likeness (QED) is 0.308. The highest BCUT2D eigenvalue weighted by Gasteiger charge is 2.30. The molecule has 168 valence electrons. The fourth-order valence-electron chi connectivity index (χ4n) is 4.03. The minimum absolute atomic E-state index is 0.281. The largest absolute Gasteiger partial charge is 0.453 e. The summed E-state index contributed by atoms with van der Waals surface area (Å²) in [4.78, 5) is 25.9. The molecule has 1 aliphatic carbocycles. The summed E-state index contributed by atoms with van der Waals surface area (Å²) < 4.78 is 14.0. The molecule has 5 rings (SSSR count). The van der Waals surface area contributed by atoms with Gasteiger partial charge < -0.3 is 9.26 Å². The van der Waals surface area contributed by atoms with Crippen molar-refractivity contribution >= 4 is 11.8 Å². The van der Waals surface area contributed by atoms with Crippen LogP contribution < -0.4 is 0 Å². The minimum atomic E-state index is -0.576. The Bertz CT molecular complexity index is 1340. The molecule has 0 radical (unpaired) electrons. The number of ketones is 1. The lowest BCUT2D eigenvalue weighted by Gasteiger charge is -2.08. The average Bonchev–Trinajstić information content (AvgIpc) is 3.30. The van der Waals surface area contributed by atoms with Gasteiger partial charge in [-0.15, -0.1) is 0 Å². The van der Waals surface area contributed by atoms with Gasteiger partial charge in [0.1, 0.15) is 5.76 Å². The van der Waals surface area contributed by atoms with Gasteiger partial charge in [0.25, 0.3) is 0 Å². The zero-order chi connectivity index (χ0) is 23.1. The first-order valence-corrected chi connectivity index (χ1v) is 10.9. The van der Waals surface area contributed by atoms with Gasteiger partial charge in [-0.3, -0.25) is 9.36 Å². The normalized spacial score (nSPS) is 13.3. The monoisotopic (exact) mass is 444 g/mol. The van der Waals surface area contributed by atoms with Crippen molar-refractivity contribution in [1.82, 2.24) is 19.5 Å². The standard InChI is InChI=1S/C25H24N4O4/c1-15-11-20(17(3)28(15)24-12-16(2)33-27-24)23(30)14-32-25(31)22-13-21(18-9-10-18)26-29(22)19-7-5-4-6-8-19/h4-8,11-13,18H,9-10,14H2,1-3H3. The van der Waals surface area contributed by atoms with E-state index in [0.29, 0.717) is 34.4 Å². The van der Waals surface area contributed by atoms with Gasteiger partial charge in [0.15, 0.2) is 18.1 Å². The molecule has 0 amide bonds. The van der Waals surface area contributed by atoms with Crippen LogP contribution in [0.2, 0.25) is 0 Å². The molecule has 8 heteroatoms. The highest BCUT2D eigenvalue weighted by Crippen LogP contribution is 2.39. The zero-order valence-electron chi connectivity index (χ0n) is 18.7. The predicted molar refractivity (Wildman–Crippen MR) is 120 cm³/mol. The zero-order valence-corrected chi connectivity index (χ0v) is 18.7. The number of ether oxygens (including phenoxy) is 1. The number of hydrogen-bond acceptors (Lipinski definition) is 6. The van der Waals surface area contributed by atoms with Gasteiger partial charge in [0.05, 0.1) is 11.4 Å². The smallest absolute Gasteiger partial charge is 0.357 e. The SMILES string of the molecule is Cc1cc(-n2c(C)cc(C(=O)COC(=O)c3cc(C4CC4)nn3-c3ccccc3)c2C)no1. The number of aryl methyl sites for hydroxylation is 2. The van der Waals surface area contributed by atoms with Crippen molar-refractivity contribution in [1.29, 1.82) is 0 Å². The van der Waals surface area contributed by atoms with E-state index in [2.05, 4.69) is 10.3 Å². The van der Waals surface area contributed by atoms with Crippen LogP contribution in [0.4, 0.5) is 0 Å². The molecular formula is C25H24N4O4. The topological polar surface area (TPSA) is 92.2 Å². The molecule has 1 aromatic carbocycles. The van der Waals surface area contributed by atoms with Gasteiger partial charge in [0, 0.05) is 28.9 Å². The first kappa shape index (κ1) is 20.9. The summed E-state index contributed by atoms with van der Waals surface area (Å²) in [5.41, 5.74) is 4.01. The molecule has 0 bridgehead atoms. The van der Waals surface area contributed by atoms with Crippen LogP contribution in [0.15, 0.2) is 53.1 Å². The molecule has 8 nitrogen and oxygen atoms in total. The highest BCUT2D eigenvalue weighted by atomic mass is 16.5. The number of carbonyl (C=O) groups is 2. The van der Waals surface area contributed by atoms with Crippen LogP contribution in [0.1, 0.15) is 62.4 Å². The van der Waals surface area contributed by atoms with Crippen LogP contribution in [0, 0.1) is 20.8 Å². The van der Waals surface area contributed by atoms with Crippen molar-refractivity contribution in [2.45, 2.75) is 39.5 Å². The fraction of sp³-hybridized carbons (Fsp3) is 0.280. The molecule has 1 fully saturated rings. The third kappa shape index (κ3) is 4.00. The van der Waals surface area contributed by atoms with Crippen LogP contribution in [0.5, 0.6) is 0 Å². The van der Waals surface area contributed by atoms with Gasteiger partial charge in [0.2, 0.25) is 5.78 Å². The Balaban J connectivity index is 1.35. The summed E-state index contributed by atoms with van der Waals surface area (Å²) in [6.07, 6.45) is 2.14. The van der Waals surface area contributed by atoms with Crippen molar-refractivity contribution in [3.05, 3.63) is 82.6 Å². The fourth-order valence-corrected chi connectivity index (χ4v) is 4.03. The Labute approximate surface area is 190 Å². The molecular weight excluding hydrogens is 420 g/mol.